The summed E-state index contributed by atoms with van der Waals surface area (Å²) < 4.78 is 38.7. The molecule has 1 aromatic rings. The summed E-state index contributed by atoms with van der Waals surface area (Å²) in [6.45, 7) is 0. The van der Waals surface area contributed by atoms with Crippen molar-refractivity contribution in [1.82, 2.24) is 4.98 Å². The zero-order valence-corrected chi connectivity index (χ0v) is 7.23. The standard InChI is InChI=1S/C6H4ClF3N2O2/c7-4-2(13)1-3(5(11)12-4)14-6(8,9)10/h1,13H,(H2,11,12). The van der Waals surface area contributed by atoms with E-state index >= 15 is 0 Å². The second kappa shape index (κ2) is 3.41. The van der Waals surface area contributed by atoms with Crippen LogP contribution in [0.15, 0.2) is 6.07 Å². The average molecular weight is 229 g/mol. The summed E-state index contributed by atoms with van der Waals surface area (Å²) in [5.74, 6) is -1.98. The van der Waals surface area contributed by atoms with E-state index in [9.17, 15) is 13.2 Å². The van der Waals surface area contributed by atoms with Crippen LogP contribution in [0.5, 0.6) is 11.5 Å². The maximum atomic E-state index is 11.7. The molecule has 0 aromatic carbocycles. The van der Waals surface area contributed by atoms with Gasteiger partial charge < -0.3 is 15.6 Å². The highest BCUT2D eigenvalue weighted by atomic mass is 35.5. The largest absolute Gasteiger partial charge is 0.573 e. The molecule has 0 amide bonds. The van der Waals surface area contributed by atoms with Crippen molar-refractivity contribution in [3.63, 3.8) is 0 Å². The Balaban J connectivity index is 3.04. The maximum absolute atomic E-state index is 11.7. The molecular weight excluding hydrogens is 225 g/mol. The normalized spacial score (nSPS) is 11.4. The second-order valence-corrected chi connectivity index (χ2v) is 2.59. The van der Waals surface area contributed by atoms with E-state index < -0.39 is 28.8 Å². The summed E-state index contributed by atoms with van der Waals surface area (Å²) in [5, 5.41) is 8.53. The fourth-order valence-electron chi connectivity index (χ4n) is 0.682. The lowest BCUT2D eigenvalue weighted by molar-refractivity contribution is -0.274. The first-order valence-electron chi connectivity index (χ1n) is 3.20. The molecule has 0 aliphatic carbocycles. The first kappa shape index (κ1) is 10.7. The second-order valence-electron chi connectivity index (χ2n) is 2.23. The summed E-state index contributed by atoms with van der Waals surface area (Å²) in [7, 11) is 0. The van der Waals surface area contributed by atoms with Gasteiger partial charge in [-0.15, -0.1) is 13.2 Å². The molecule has 0 saturated heterocycles. The number of nitrogens with zero attached hydrogens (tertiary/aromatic N) is 1. The van der Waals surface area contributed by atoms with Crippen molar-refractivity contribution in [3.8, 4) is 11.5 Å². The molecule has 0 saturated carbocycles. The van der Waals surface area contributed by atoms with Crippen molar-refractivity contribution >= 4 is 17.4 Å². The highest BCUT2D eigenvalue weighted by molar-refractivity contribution is 6.30. The average Bonchev–Trinajstić information content (AvgIpc) is 1.97. The van der Waals surface area contributed by atoms with E-state index in [1.165, 1.54) is 0 Å². The van der Waals surface area contributed by atoms with E-state index in [-0.39, 0.29) is 0 Å². The van der Waals surface area contributed by atoms with Gasteiger partial charge >= 0.3 is 6.36 Å². The van der Waals surface area contributed by atoms with E-state index in [0.29, 0.717) is 6.07 Å². The van der Waals surface area contributed by atoms with Gasteiger partial charge in [0.2, 0.25) is 0 Å². The molecule has 0 fully saturated rings. The monoisotopic (exact) mass is 228 g/mol. The molecule has 1 rings (SSSR count). The molecule has 1 aromatic heterocycles. The highest BCUT2D eigenvalue weighted by Crippen LogP contribution is 2.33. The van der Waals surface area contributed by atoms with Gasteiger partial charge in [0, 0.05) is 6.07 Å². The summed E-state index contributed by atoms with van der Waals surface area (Å²) in [6, 6.07) is 0.637. The van der Waals surface area contributed by atoms with Crippen LogP contribution in [0.3, 0.4) is 0 Å². The number of aromatic nitrogens is 1. The van der Waals surface area contributed by atoms with Crippen LogP contribution in [0.1, 0.15) is 0 Å². The first-order chi connectivity index (χ1) is 6.29. The zero-order valence-electron chi connectivity index (χ0n) is 6.47. The number of aromatic hydroxyl groups is 1. The number of hydrogen-bond acceptors (Lipinski definition) is 4. The molecule has 0 aliphatic rings. The van der Waals surface area contributed by atoms with Gasteiger partial charge in [0.05, 0.1) is 0 Å². The molecule has 1 heterocycles. The quantitative estimate of drug-likeness (QED) is 0.721. The van der Waals surface area contributed by atoms with Crippen LogP contribution in [0.4, 0.5) is 19.0 Å². The van der Waals surface area contributed by atoms with E-state index in [1.807, 2.05) is 0 Å². The number of nitrogens with two attached hydrogens (primary N) is 1. The minimum Gasteiger partial charge on any atom is -0.505 e. The number of ether oxygens (including phenoxy) is 1. The van der Waals surface area contributed by atoms with Crippen molar-refractivity contribution < 1.29 is 23.0 Å². The third-order valence-electron chi connectivity index (χ3n) is 1.18. The third-order valence-corrected chi connectivity index (χ3v) is 1.45. The number of pyridine rings is 1. The van der Waals surface area contributed by atoms with E-state index in [0.717, 1.165) is 0 Å². The van der Waals surface area contributed by atoms with Crippen molar-refractivity contribution in [2.45, 2.75) is 6.36 Å². The predicted molar refractivity (Wildman–Crippen MR) is 42.0 cm³/mol. The Morgan fingerprint density at radius 2 is 2.07 bits per heavy atom. The molecule has 0 aliphatic heterocycles. The lowest BCUT2D eigenvalue weighted by Gasteiger charge is -2.10. The van der Waals surface area contributed by atoms with Crippen molar-refractivity contribution in [2.75, 3.05) is 5.73 Å². The zero-order chi connectivity index (χ0) is 10.9. The third kappa shape index (κ3) is 2.56. The van der Waals surface area contributed by atoms with Crippen LogP contribution in [-0.2, 0) is 0 Å². The van der Waals surface area contributed by atoms with Gasteiger partial charge in [0.15, 0.2) is 22.5 Å². The molecular formula is C6H4ClF3N2O2. The van der Waals surface area contributed by atoms with Crippen LogP contribution in [-0.4, -0.2) is 16.5 Å². The number of alkyl halides is 3. The molecule has 0 atom stereocenters. The Bertz CT molecular complexity index is 356. The maximum Gasteiger partial charge on any atom is 0.573 e. The van der Waals surface area contributed by atoms with Crippen molar-refractivity contribution in [1.29, 1.82) is 0 Å². The number of anilines is 1. The number of halogens is 4. The van der Waals surface area contributed by atoms with Crippen molar-refractivity contribution in [2.24, 2.45) is 0 Å². The minimum absolute atomic E-state index is 0.392. The molecule has 0 unspecified atom stereocenters. The van der Waals surface area contributed by atoms with E-state index in [4.69, 9.17) is 22.4 Å². The summed E-state index contributed by atoms with van der Waals surface area (Å²) >= 11 is 5.28. The molecule has 78 valence electrons. The van der Waals surface area contributed by atoms with Gasteiger partial charge in [-0.3, -0.25) is 0 Å². The van der Waals surface area contributed by atoms with E-state index in [1.54, 1.807) is 0 Å². The summed E-state index contributed by atoms with van der Waals surface area (Å²) in [4.78, 5) is 3.23. The molecule has 14 heavy (non-hydrogen) atoms. The predicted octanol–water partition coefficient (Wildman–Crippen LogP) is 1.92. The van der Waals surface area contributed by atoms with Crippen LogP contribution in [0, 0.1) is 0 Å². The minimum atomic E-state index is -4.89. The molecule has 0 radical (unpaired) electrons. The first-order valence-corrected chi connectivity index (χ1v) is 3.58. The van der Waals surface area contributed by atoms with Crippen molar-refractivity contribution in [3.05, 3.63) is 11.2 Å². The Kier molecular flexibility index (Phi) is 2.61. The van der Waals surface area contributed by atoms with Gasteiger partial charge in [0.1, 0.15) is 0 Å². The molecule has 4 nitrogen and oxygen atoms in total. The molecule has 0 spiro atoms. The highest BCUT2D eigenvalue weighted by Gasteiger charge is 2.32. The summed E-state index contributed by atoms with van der Waals surface area (Å²) in [6.07, 6.45) is -4.89. The number of nitrogen functional groups attached to an aromatic ring is 1. The van der Waals surface area contributed by atoms with Gasteiger partial charge in [-0.25, -0.2) is 4.98 Å². The van der Waals surface area contributed by atoms with Crippen LogP contribution in [0.2, 0.25) is 5.15 Å². The fourth-order valence-corrected chi connectivity index (χ4v) is 0.828. The fraction of sp³-hybridized carbons (Fsp3) is 0.167. The lowest BCUT2D eigenvalue weighted by Crippen LogP contribution is -2.18. The Morgan fingerprint density at radius 3 is 2.57 bits per heavy atom. The Labute approximate surface area is 81.1 Å². The van der Waals surface area contributed by atoms with Crippen LogP contribution >= 0.6 is 11.6 Å². The van der Waals surface area contributed by atoms with Gasteiger partial charge in [-0.2, -0.15) is 0 Å². The number of hydrogen-bond donors (Lipinski definition) is 2. The Morgan fingerprint density at radius 1 is 1.50 bits per heavy atom. The smallest absolute Gasteiger partial charge is 0.505 e. The molecule has 0 bridgehead atoms. The van der Waals surface area contributed by atoms with E-state index in [2.05, 4.69) is 9.72 Å². The molecule has 8 heteroatoms. The molecule has 3 N–H and O–H groups in total. The topological polar surface area (TPSA) is 68.4 Å². The number of rotatable bonds is 1. The van der Waals surface area contributed by atoms with Crippen LogP contribution < -0.4 is 10.5 Å². The lowest BCUT2D eigenvalue weighted by atomic mass is 10.4. The van der Waals surface area contributed by atoms with Gasteiger partial charge in [-0.05, 0) is 0 Å². The Hall–Kier alpha value is -1.37. The van der Waals surface area contributed by atoms with Gasteiger partial charge in [-0.1, -0.05) is 11.6 Å². The van der Waals surface area contributed by atoms with Gasteiger partial charge in [0.25, 0.3) is 0 Å². The van der Waals surface area contributed by atoms with Crippen LogP contribution in [0.25, 0.3) is 0 Å². The SMILES string of the molecule is Nc1nc(Cl)c(O)cc1OC(F)(F)F. The summed E-state index contributed by atoms with van der Waals surface area (Å²) in [5.41, 5.74) is 5.07.